The van der Waals surface area contributed by atoms with Crippen LogP contribution >= 0.6 is 0 Å². The molecule has 3 rings (SSSR count). The quantitative estimate of drug-likeness (QED) is 0.864. The van der Waals surface area contributed by atoms with Gasteiger partial charge in [0.15, 0.2) is 0 Å². The van der Waals surface area contributed by atoms with E-state index in [-0.39, 0.29) is 11.6 Å². The Labute approximate surface area is 122 Å². The molecule has 2 aromatic rings. The van der Waals surface area contributed by atoms with E-state index in [0.29, 0.717) is 18.8 Å². The summed E-state index contributed by atoms with van der Waals surface area (Å²) in [5, 5.41) is 0. The van der Waals surface area contributed by atoms with E-state index in [9.17, 15) is 9.59 Å². The van der Waals surface area contributed by atoms with Gasteiger partial charge in [0.1, 0.15) is 5.69 Å². The number of aromatic nitrogens is 2. The number of carbonyl (C=O) groups excluding carboxylic acids is 1. The summed E-state index contributed by atoms with van der Waals surface area (Å²) in [6.07, 6.45) is 1.43. The van der Waals surface area contributed by atoms with Gasteiger partial charge in [0.25, 0.3) is 5.91 Å². The molecule has 2 N–H and O–H groups in total. The summed E-state index contributed by atoms with van der Waals surface area (Å²) in [6.45, 7) is 4.99. The highest BCUT2D eigenvalue weighted by Crippen LogP contribution is 2.21. The van der Waals surface area contributed by atoms with E-state index in [1.165, 1.54) is 17.4 Å². The molecule has 0 aliphatic carbocycles. The van der Waals surface area contributed by atoms with Crippen molar-refractivity contribution in [3.63, 3.8) is 0 Å². The molecule has 0 unspecified atom stereocenters. The molecule has 0 radical (unpaired) electrons. The Morgan fingerprint density at radius 3 is 2.48 bits per heavy atom. The number of carbonyl (C=O) groups is 1. The second-order valence-electron chi connectivity index (χ2n) is 5.22. The lowest BCUT2D eigenvalue weighted by atomic mass is 10.1. The van der Waals surface area contributed by atoms with Gasteiger partial charge >= 0.3 is 5.69 Å². The van der Waals surface area contributed by atoms with Crippen LogP contribution in [0.25, 0.3) is 0 Å². The molecule has 0 saturated carbocycles. The van der Waals surface area contributed by atoms with Gasteiger partial charge in [-0.25, -0.2) is 4.79 Å². The standard InChI is InChI=1S/C15H18N4O2/c1-11-4-2-3-5-13(11)18-6-8-19(9-7-18)14(20)12-10-16-15(21)17-12/h2-5,10H,6-9H2,1H3,(H2,16,17,21). The Hall–Kier alpha value is -2.50. The number of para-hydroxylation sites is 1. The lowest BCUT2D eigenvalue weighted by molar-refractivity contribution is 0.0741. The number of benzene rings is 1. The maximum atomic E-state index is 12.2. The van der Waals surface area contributed by atoms with Crippen LogP contribution in [0, 0.1) is 6.92 Å². The number of hydrogen-bond donors (Lipinski definition) is 2. The Balaban J connectivity index is 1.67. The van der Waals surface area contributed by atoms with Crippen molar-refractivity contribution in [3.8, 4) is 0 Å². The first-order valence-corrected chi connectivity index (χ1v) is 7.03. The average Bonchev–Trinajstić information content (AvgIpc) is 2.94. The van der Waals surface area contributed by atoms with Gasteiger partial charge in [-0.2, -0.15) is 0 Å². The molecule has 1 aromatic heterocycles. The Kier molecular flexibility index (Phi) is 3.51. The van der Waals surface area contributed by atoms with E-state index in [1.54, 1.807) is 4.90 Å². The van der Waals surface area contributed by atoms with Gasteiger partial charge in [0.2, 0.25) is 0 Å². The molecule has 1 aromatic carbocycles. The van der Waals surface area contributed by atoms with Crippen molar-refractivity contribution in [3.05, 3.63) is 52.2 Å². The van der Waals surface area contributed by atoms with E-state index in [1.807, 2.05) is 12.1 Å². The summed E-state index contributed by atoms with van der Waals surface area (Å²) in [5.74, 6) is -0.127. The molecule has 6 heteroatoms. The van der Waals surface area contributed by atoms with E-state index >= 15 is 0 Å². The number of rotatable bonds is 2. The van der Waals surface area contributed by atoms with Crippen LogP contribution < -0.4 is 10.6 Å². The van der Waals surface area contributed by atoms with Crippen LogP contribution in [-0.2, 0) is 0 Å². The van der Waals surface area contributed by atoms with E-state index in [0.717, 1.165) is 13.1 Å². The smallest absolute Gasteiger partial charge is 0.323 e. The number of nitrogens with one attached hydrogen (secondary N) is 2. The number of piperazine rings is 1. The van der Waals surface area contributed by atoms with Crippen LogP contribution in [0.5, 0.6) is 0 Å². The molecular weight excluding hydrogens is 268 g/mol. The zero-order valence-electron chi connectivity index (χ0n) is 11.9. The van der Waals surface area contributed by atoms with Crippen LogP contribution in [0.2, 0.25) is 0 Å². The summed E-state index contributed by atoms with van der Waals surface area (Å²) in [4.78, 5) is 32.3. The number of amides is 1. The molecule has 21 heavy (non-hydrogen) atoms. The van der Waals surface area contributed by atoms with Gasteiger partial charge in [-0.15, -0.1) is 0 Å². The number of aryl methyl sites for hydroxylation is 1. The Morgan fingerprint density at radius 2 is 1.86 bits per heavy atom. The number of nitrogens with zero attached hydrogens (tertiary/aromatic N) is 2. The molecule has 1 amide bonds. The molecule has 1 aliphatic rings. The lowest BCUT2D eigenvalue weighted by Crippen LogP contribution is -2.49. The van der Waals surface area contributed by atoms with Crippen LogP contribution in [0.1, 0.15) is 16.1 Å². The average molecular weight is 286 g/mol. The molecule has 110 valence electrons. The summed E-state index contributed by atoms with van der Waals surface area (Å²) in [7, 11) is 0. The predicted molar refractivity (Wildman–Crippen MR) is 80.7 cm³/mol. The topological polar surface area (TPSA) is 72.2 Å². The summed E-state index contributed by atoms with van der Waals surface area (Å²) >= 11 is 0. The molecule has 0 bridgehead atoms. The zero-order chi connectivity index (χ0) is 14.8. The first-order chi connectivity index (χ1) is 10.1. The highest BCUT2D eigenvalue weighted by atomic mass is 16.2. The highest BCUT2D eigenvalue weighted by molar-refractivity contribution is 5.92. The maximum absolute atomic E-state index is 12.2. The largest absolute Gasteiger partial charge is 0.368 e. The fourth-order valence-corrected chi connectivity index (χ4v) is 2.69. The maximum Gasteiger partial charge on any atom is 0.323 e. The molecule has 0 spiro atoms. The molecule has 1 saturated heterocycles. The van der Waals surface area contributed by atoms with E-state index < -0.39 is 0 Å². The van der Waals surface area contributed by atoms with Crippen molar-refractivity contribution < 1.29 is 4.79 Å². The Bertz CT molecular complexity index is 695. The third-order valence-electron chi connectivity index (χ3n) is 3.85. The van der Waals surface area contributed by atoms with Crippen molar-refractivity contribution in [1.29, 1.82) is 0 Å². The number of H-pyrrole nitrogens is 2. The molecule has 1 aliphatic heterocycles. The second kappa shape index (κ2) is 5.47. The highest BCUT2D eigenvalue weighted by Gasteiger charge is 2.23. The van der Waals surface area contributed by atoms with E-state index in [4.69, 9.17) is 0 Å². The fraction of sp³-hybridized carbons (Fsp3) is 0.333. The first-order valence-electron chi connectivity index (χ1n) is 7.03. The van der Waals surface area contributed by atoms with Gasteiger partial charge in [0, 0.05) is 38.1 Å². The minimum Gasteiger partial charge on any atom is -0.368 e. The van der Waals surface area contributed by atoms with Gasteiger partial charge in [-0.3, -0.25) is 4.79 Å². The Morgan fingerprint density at radius 1 is 1.14 bits per heavy atom. The lowest BCUT2D eigenvalue weighted by Gasteiger charge is -2.36. The van der Waals surface area contributed by atoms with Crippen LogP contribution in [0.4, 0.5) is 5.69 Å². The first kappa shape index (κ1) is 13.5. The molecule has 6 nitrogen and oxygen atoms in total. The van der Waals surface area contributed by atoms with Crippen molar-refractivity contribution in [2.45, 2.75) is 6.92 Å². The third kappa shape index (κ3) is 2.69. The van der Waals surface area contributed by atoms with Gasteiger partial charge in [-0.05, 0) is 18.6 Å². The second-order valence-corrected chi connectivity index (χ2v) is 5.22. The third-order valence-corrected chi connectivity index (χ3v) is 3.85. The summed E-state index contributed by atoms with van der Waals surface area (Å²) < 4.78 is 0. The predicted octanol–water partition coefficient (Wildman–Crippen LogP) is 0.974. The monoisotopic (exact) mass is 286 g/mol. The SMILES string of the molecule is Cc1ccccc1N1CCN(C(=O)c2c[nH]c(=O)[nH]2)CC1. The zero-order valence-corrected chi connectivity index (χ0v) is 11.9. The number of anilines is 1. The van der Waals surface area contributed by atoms with E-state index in [2.05, 4.69) is 33.9 Å². The molecule has 2 heterocycles. The van der Waals surface area contributed by atoms with Crippen molar-refractivity contribution in [2.24, 2.45) is 0 Å². The van der Waals surface area contributed by atoms with Crippen LogP contribution in [0.3, 0.4) is 0 Å². The van der Waals surface area contributed by atoms with Crippen LogP contribution in [-0.4, -0.2) is 47.0 Å². The number of imidazole rings is 1. The van der Waals surface area contributed by atoms with Crippen molar-refractivity contribution in [1.82, 2.24) is 14.9 Å². The minimum atomic E-state index is -0.350. The van der Waals surface area contributed by atoms with Crippen LogP contribution in [0.15, 0.2) is 35.3 Å². The van der Waals surface area contributed by atoms with Crippen molar-refractivity contribution >= 4 is 11.6 Å². The van der Waals surface area contributed by atoms with Gasteiger partial charge in [0.05, 0.1) is 0 Å². The summed E-state index contributed by atoms with van der Waals surface area (Å²) in [5.41, 5.74) is 2.44. The minimum absolute atomic E-state index is 0.127. The number of aromatic amines is 2. The molecule has 0 atom stereocenters. The molecule has 1 fully saturated rings. The summed E-state index contributed by atoms with van der Waals surface area (Å²) in [6, 6.07) is 8.26. The normalized spacial score (nSPS) is 15.3. The fourth-order valence-electron chi connectivity index (χ4n) is 2.69. The molecular formula is C15H18N4O2. The van der Waals surface area contributed by atoms with Gasteiger partial charge < -0.3 is 19.8 Å². The van der Waals surface area contributed by atoms with Gasteiger partial charge in [-0.1, -0.05) is 18.2 Å². The number of hydrogen-bond acceptors (Lipinski definition) is 3. The van der Waals surface area contributed by atoms with Crippen molar-refractivity contribution in [2.75, 3.05) is 31.1 Å².